The smallest absolute Gasteiger partial charge is 0.317 e. The molecule has 2 radical (unpaired) electrons. The Morgan fingerprint density at radius 1 is 1.00 bits per heavy atom. The molecule has 0 aliphatic rings. The van der Waals surface area contributed by atoms with E-state index in [1.165, 1.54) is 0 Å². The Kier molecular flexibility index (Phi) is 16.5. The fourth-order valence-corrected chi connectivity index (χ4v) is 0.276. The van der Waals surface area contributed by atoms with Gasteiger partial charge >= 0.3 is 11.9 Å². The van der Waals surface area contributed by atoms with E-state index in [9.17, 15) is 9.59 Å². The Morgan fingerprint density at radius 3 is 1.45 bits per heavy atom. The van der Waals surface area contributed by atoms with Crippen LogP contribution in [-0.2, 0) is 54.3 Å². The average molecular weight is 349 g/mol. The first-order chi connectivity index (χ1) is 4.13. The summed E-state index contributed by atoms with van der Waals surface area (Å²) in [5.41, 5.74) is 0. The summed E-state index contributed by atoms with van der Waals surface area (Å²) in [7, 11) is 0. The molecule has 0 aliphatic carbocycles. The fraction of sp³-hybridized carbons (Fsp3) is 0.500. The zero-order valence-corrected chi connectivity index (χ0v) is 8.19. The van der Waals surface area contributed by atoms with Gasteiger partial charge in [-0.1, -0.05) is 0 Å². The molecule has 7 heteroatoms. The van der Waals surface area contributed by atoms with E-state index in [-0.39, 0.29) is 57.9 Å². The number of carboxylic acid groups (broad SMARTS) is 2. The van der Waals surface area contributed by atoms with Crippen LogP contribution in [0.5, 0.6) is 0 Å². The van der Waals surface area contributed by atoms with Crippen LogP contribution < -0.4 is 5.32 Å². The largest absolute Gasteiger partial charge is 0.480 e. The zero-order chi connectivity index (χ0) is 7.28. The molecule has 0 bridgehead atoms. The summed E-state index contributed by atoms with van der Waals surface area (Å²) in [4.78, 5) is 19.5. The molecule has 5 nitrogen and oxygen atoms in total. The molecule has 0 unspecified atom stereocenters. The van der Waals surface area contributed by atoms with Crippen molar-refractivity contribution in [2.45, 2.75) is 0 Å². The fourth-order valence-electron chi connectivity index (χ4n) is 0.276. The quantitative estimate of drug-likeness (QED) is 0.552. The molecule has 0 saturated carbocycles. The number of rotatable bonds is 4. The van der Waals surface area contributed by atoms with Gasteiger partial charge in [0.1, 0.15) is 0 Å². The van der Waals surface area contributed by atoms with E-state index in [1.54, 1.807) is 0 Å². The summed E-state index contributed by atoms with van der Waals surface area (Å²) in [5, 5.41) is 18.1. The molecule has 0 atom stereocenters. The summed E-state index contributed by atoms with van der Waals surface area (Å²) >= 11 is 0. The Bertz CT molecular complexity index is 115. The molecule has 74 valence electrons. The summed E-state index contributed by atoms with van der Waals surface area (Å²) < 4.78 is 0. The molecular formula is C4H7Ag2NO4. The Labute approximate surface area is 94.6 Å². The predicted molar refractivity (Wildman–Crippen MR) is 28.1 cm³/mol. The molecule has 0 aromatic carbocycles. The zero-order valence-electron chi connectivity index (χ0n) is 5.23. The van der Waals surface area contributed by atoms with Crippen molar-refractivity contribution < 1.29 is 64.6 Å². The molecule has 0 spiro atoms. The van der Waals surface area contributed by atoms with Crippen molar-refractivity contribution in [3.63, 3.8) is 0 Å². The van der Waals surface area contributed by atoms with Gasteiger partial charge in [0.2, 0.25) is 0 Å². The molecule has 0 saturated heterocycles. The second-order valence-electron chi connectivity index (χ2n) is 1.39. The maximum Gasteiger partial charge on any atom is 0.317 e. The molecule has 0 fully saturated rings. The maximum atomic E-state index is 9.73. The molecular weight excluding hydrogens is 342 g/mol. The Balaban J connectivity index is -0.000000320. The second-order valence-corrected chi connectivity index (χ2v) is 1.39. The minimum atomic E-state index is -1.06. The summed E-state index contributed by atoms with van der Waals surface area (Å²) in [5.74, 6) is -2.12. The predicted octanol–water partition coefficient (Wildman–Crippen LogP) is -1.26. The van der Waals surface area contributed by atoms with Gasteiger partial charge in [-0.25, -0.2) is 0 Å². The number of aliphatic carboxylic acids is 2. The molecule has 0 aliphatic heterocycles. The minimum absolute atomic E-state index is 0. The number of hydrogen-bond donors (Lipinski definition) is 3. The average Bonchev–Trinajstić information content (AvgIpc) is 1.63. The maximum absolute atomic E-state index is 9.73. The SMILES string of the molecule is O=C(O)CNCC(=O)O.[Ag].[Ag]. The van der Waals surface area contributed by atoms with Crippen molar-refractivity contribution in [3.8, 4) is 0 Å². The van der Waals surface area contributed by atoms with Crippen LogP contribution in [0.1, 0.15) is 0 Å². The van der Waals surface area contributed by atoms with E-state index in [1.807, 2.05) is 0 Å². The van der Waals surface area contributed by atoms with Gasteiger partial charge in [-0.3, -0.25) is 14.9 Å². The first kappa shape index (κ1) is 17.5. The monoisotopic (exact) mass is 347 g/mol. The topological polar surface area (TPSA) is 86.6 Å². The van der Waals surface area contributed by atoms with E-state index in [4.69, 9.17) is 10.2 Å². The molecule has 0 amide bonds. The third kappa shape index (κ3) is 17.9. The van der Waals surface area contributed by atoms with E-state index in [2.05, 4.69) is 5.32 Å². The Morgan fingerprint density at radius 2 is 1.27 bits per heavy atom. The van der Waals surface area contributed by atoms with Crippen LogP contribution in [0, 0.1) is 0 Å². The van der Waals surface area contributed by atoms with Crippen LogP contribution >= 0.6 is 0 Å². The van der Waals surface area contributed by atoms with Crippen molar-refractivity contribution in [2.75, 3.05) is 13.1 Å². The first-order valence-corrected chi connectivity index (χ1v) is 2.27. The van der Waals surface area contributed by atoms with Crippen molar-refractivity contribution in [2.24, 2.45) is 0 Å². The van der Waals surface area contributed by atoms with Gasteiger partial charge in [-0.15, -0.1) is 0 Å². The van der Waals surface area contributed by atoms with Gasteiger partial charge in [-0.05, 0) is 0 Å². The van der Waals surface area contributed by atoms with E-state index in [0.717, 1.165) is 0 Å². The van der Waals surface area contributed by atoms with Crippen molar-refractivity contribution >= 4 is 11.9 Å². The van der Waals surface area contributed by atoms with Gasteiger partial charge in [0.25, 0.3) is 0 Å². The van der Waals surface area contributed by atoms with Crippen LogP contribution in [0.4, 0.5) is 0 Å². The molecule has 0 aromatic heterocycles. The molecule has 0 rings (SSSR count). The third-order valence-corrected chi connectivity index (χ3v) is 0.552. The van der Waals surface area contributed by atoms with Crippen molar-refractivity contribution in [3.05, 3.63) is 0 Å². The summed E-state index contributed by atoms with van der Waals surface area (Å²) in [6, 6.07) is 0. The van der Waals surface area contributed by atoms with Crippen LogP contribution in [0.15, 0.2) is 0 Å². The van der Waals surface area contributed by atoms with Gasteiger partial charge in [-0.2, -0.15) is 0 Å². The third-order valence-electron chi connectivity index (χ3n) is 0.552. The first-order valence-electron chi connectivity index (χ1n) is 2.27. The van der Waals surface area contributed by atoms with E-state index >= 15 is 0 Å². The summed E-state index contributed by atoms with van der Waals surface area (Å²) in [6.45, 7) is -0.626. The van der Waals surface area contributed by atoms with Gasteiger partial charge in [0.15, 0.2) is 0 Å². The second kappa shape index (κ2) is 10.4. The number of carboxylic acids is 2. The Hall–Kier alpha value is 0.381. The van der Waals surface area contributed by atoms with Gasteiger partial charge < -0.3 is 10.2 Å². The van der Waals surface area contributed by atoms with Crippen LogP contribution in [0.2, 0.25) is 0 Å². The van der Waals surface area contributed by atoms with E-state index in [0.29, 0.717) is 0 Å². The van der Waals surface area contributed by atoms with Crippen LogP contribution in [0.25, 0.3) is 0 Å². The number of carbonyl (C=O) groups is 2. The number of nitrogens with one attached hydrogen (secondary N) is 1. The molecule has 0 aromatic rings. The van der Waals surface area contributed by atoms with Gasteiger partial charge in [0, 0.05) is 44.8 Å². The normalized spacial score (nSPS) is 7.27. The van der Waals surface area contributed by atoms with Crippen LogP contribution in [-0.4, -0.2) is 35.2 Å². The van der Waals surface area contributed by atoms with Crippen molar-refractivity contribution in [1.29, 1.82) is 0 Å². The van der Waals surface area contributed by atoms with Crippen molar-refractivity contribution in [1.82, 2.24) is 5.32 Å². The summed E-state index contributed by atoms with van der Waals surface area (Å²) in [6.07, 6.45) is 0. The minimum Gasteiger partial charge on any atom is -0.480 e. The standard InChI is InChI=1S/C4H7NO4.2Ag/c6-3(7)1-5-2-4(8)9;;/h5H,1-2H2,(H,6,7)(H,8,9);;. The van der Waals surface area contributed by atoms with Crippen LogP contribution in [0.3, 0.4) is 0 Å². The molecule has 11 heavy (non-hydrogen) atoms. The number of hydrogen-bond acceptors (Lipinski definition) is 3. The van der Waals surface area contributed by atoms with E-state index < -0.39 is 11.9 Å². The molecule has 0 heterocycles. The van der Waals surface area contributed by atoms with Gasteiger partial charge in [0.05, 0.1) is 13.1 Å². The molecule has 3 N–H and O–H groups in total.